The van der Waals surface area contributed by atoms with Crippen LogP contribution in [0.25, 0.3) is 0 Å². The molecule has 102 valence electrons. The van der Waals surface area contributed by atoms with Crippen LogP contribution in [0.15, 0.2) is 24.4 Å². The van der Waals surface area contributed by atoms with Crippen LogP contribution in [0.2, 0.25) is 0 Å². The number of benzene rings is 1. The molecule has 5 heteroatoms. The molecule has 1 heterocycles. The summed E-state index contributed by atoms with van der Waals surface area (Å²) in [5.74, 6) is 2.43. The van der Waals surface area contributed by atoms with Crippen LogP contribution in [0.1, 0.15) is 17.1 Å². The lowest BCUT2D eigenvalue weighted by atomic mass is 10.2. The van der Waals surface area contributed by atoms with E-state index in [1.807, 2.05) is 31.3 Å². The maximum atomic E-state index is 5.28. The van der Waals surface area contributed by atoms with Gasteiger partial charge < -0.3 is 19.8 Å². The number of imidazole rings is 1. The number of aromatic amines is 1. The lowest BCUT2D eigenvalue weighted by Crippen LogP contribution is -2.13. The van der Waals surface area contributed by atoms with Crippen molar-refractivity contribution in [1.82, 2.24) is 15.3 Å². The summed E-state index contributed by atoms with van der Waals surface area (Å²) in [6.07, 6.45) is 1.84. The van der Waals surface area contributed by atoms with Gasteiger partial charge in [0.1, 0.15) is 5.82 Å². The molecule has 0 fully saturated rings. The van der Waals surface area contributed by atoms with E-state index in [9.17, 15) is 0 Å². The molecule has 2 N–H and O–H groups in total. The molecule has 19 heavy (non-hydrogen) atoms. The summed E-state index contributed by atoms with van der Waals surface area (Å²) >= 11 is 0. The van der Waals surface area contributed by atoms with Gasteiger partial charge in [-0.25, -0.2) is 4.98 Å². The zero-order valence-electron chi connectivity index (χ0n) is 11.5. The second kappa shape index (κ2) is 6.24. The first-order chi connectivity index (χ1) is 9.22. The second-order valence-electron chi connectivity index (χ2n) is 4.29. The lowest BCUT2D eigenvalue weighted by molar-refractivity contribution is 0.354. The summed E-state index contributed by atoms with van der Waals surface area (Å²) in [6.45, 7) is 3.46. The summed E-state index contributed by atoms with van der Waals surface area (Å²) in [6, 6.07) is 5.91. The molecule has 2 rings (SSSR count). The van der Waals surface area contributed by atoms with Gasteiger partial charge in [-0.1, -0.05) is 6.07 Å². The van der Waals surface area contributed by atoms with Crippen LogP contribution in [0.3, 0.4) is 0 Å². The first kappa shape index (κ1) is 13.4. The molecule has 2 aromatic rings. The Kier molecular flexibility index (Phi) is 4.41. The Morgan fingerprint density at radius 3 is 2.58 bits per heavy atom. The van der Waals surface area contributed by atoms with E-state index in [4.69, 9.17) is 9.47 Å². The maximum Gasteiger partial charge on any atom is 0.161 e. The van der Waals surface area contributed by atoms with Crippen molar-refractivity contribution < 1.29 is 9.47 Å². The highest BCUT2D eigenvalue weighted by Gasteiger charge is 2.04. The summed E-state index contributed by atoms with van der Waals surface area (Å²) < 4.78 is 10.5. The molecular weight excluding hydrogens is 242 g/mol. The van der Waals surface area contributed by atoms with Crippen LogP contribution in [-0.2, 0) is 13.1 Å². The fraction of sp³-hybridized carbons (Fsp3) is 0.357. The highest BCUT2D eigenvalue weighted by atomic mass is 16.5. The van der Waals surface area contributed by atoms with Crippen molar-refractivity contribution in [2.24, 2.45) is 0 Å². The van der Waals surface area contributed by atoms with Crippen LogP contribution >= 0.6 is 0 Å². The van der Waals surface area contributed by atoms with Crippen molar-refractivity contribution in [2.45, 2.75) is 20.0 Å². The van der Waals surface area contributed by atoms with Gasteiger partial charge in [0.05, 0.1) is 14.2 Å². The number of ether oxygens (including phenoxy) is 2. The SMILES string of the molecule is COc1ccc(CNCc2cnc(C)[nH]2)cc1OC. The fourth-order valence-electron chi connectivity index (χ4n) is 1.89. The van der Waals surface area contributed by atoms with Crippen molar-refractivity contribution in [2.75, 3.05) is 14.2 Å². The highest BCUT2D eigenvalue weighted by molar-refractivity contribution is 5.42. The number of hydrogen-bond acceptors (Lipinski definition) is 4. The summed E-state index contributed by atoms with van der Waals surface area (Å²) in [7, 11) is 3.28. The van der Waals surface area contributed by atoms with Gasteiger partial charge in [0.15, 0.2) is 11.5 Å². The van der Waals surface area contributed by atoms with Gasteiger partial charge in [-0.2, -0.15) is 0 Å². The Balaban J connectivity index is 1.92. The van der Waals surface area contributed by atoms with Gasteiger partial charge >= 0.3 is 0 Å². The zero-order valence-corrected chi connectivity index (χ0v) is 11.5. The molecule has 0 saturated carbocycles. The Labute approximate surface area is 113 Å². The average molecular weight is 261 g/mol. The summed E-state index contributed by atoms with van der Waals surface area (Å²) in [5.41, 5.74) is 2.23. The Morgan fingerprint density at radius 2 is 1.95 bits per heavy atom. The third kappa shape index (κ3) is 3.48. The van der Waals surface area contributed by atoms with E-state index in [0.29, 0.717) is 0 Å². The topological polar surface area (TPSA) is 59.2 Å². The van der Waals surface area contributed by atoms with Gasteiger partial charge in [-0.05, 0) is 24.6 Å². The van der Waals surface area contributed by atoms with Gasteiger partial charge in [-0.3, -0.25) is 0 Å². The fourth-order valence-corrected chi connectivity index (χ4v) is 1.89. The van der Waals surface area contributed by atoms with Crippen molar-refractivity contribution in [3.63, 3.8) is 0 Å². The molecule has 1 aromatic heterocycles. The van der Waals surface area contributed by atoms with E-state index < -0.39 is 0 Å². The summed E-state index contributed by atoms with van der Waals surface area (Å²) in [5, 5.41) is 3.35. The standard InChI is InChI=1S/C14H19N3O2/c1-10-16-9-12(17-10)8-15-7-11-4-5-13(18-2)14(6-11)19-3/h4-6,9,15H,7-8H2,1-3H3,(H,16,17). The molecule has 0 amide bonds. The maximum absolute atomic E-state index is 5.28. The van der Waals surface area contributed by atoms with Crippen LogP contribution in [0, 0.1) is 6.92 Å². The number of aryl methyl sites for hydroxylation is 1. The first-order valence-electron chi connectivity index (χ1n) is 6.15. The molecular formula is C14H19N3O2. The lowest BCUT2D eigenvalue weighted by Gasteiger charge is -2.10. The minimum Gasteiger partial charge on any atom is -0.493 e. The Hall–Kier alpha value is -2.01. The molecule has 0 aliphatic heterocycles. The largest absolute Gasteiger partial charge is 0.493 e. The number of nitrogens with zero attached hydrogens (tertiary/aromatic N) is 1. The third-order valence-corrected chi connectivity index (χ3v) is 2.85. The molecule has 0 saturated heterocycles. The molecule has 0 aliphatic carbocycles. The van der Waals surface area contributed by atoms with Crippen molar-refractivity contribution in [1.29, 1.82) is 0 Å². The molecule has 0 bridgehead atoms. The van der Waals surface area contributed by atoms with Crippen LogP contribution in [0.5, 0.6) is 11.5 Å². The average Bonchev–Trinajstić information content (AvgIpc) is 2.84. The van der Waals surface area contributed by atoms with E-state index in [1.165, 1.54) is 0 Å². The first-order valence-corrected chi connectivity index (χ1v) is 6.15. The molecule has 0 spiro atoms. The van der Waals surface area contributed by atoms with Crippen molar-refractivity contribution in [3.8, 4) is 11.5 Å². The third-order valence-electron chi connectivity index (χ3n) is 2.85. The van der Waals surface area contributed by atoms with E-state index in [2.05, 4.69) is 15.3 Å². The highest BCUT2D eigenvalue weighted by Crippen LogP contribution is 2.27. The zero-order chi connectivity index (χ0) is 13.7. The van der Waals surface area contributed by atoms with Crippen LogP contribution in [0.4, 0.5) is 0 Å². The normalized spacial score (nSPS) is 10.5. The van der Waals surface area contributed by atoms with E-state index >= 15 is 0 Å². The number of aromatic nitrogens is 2. The quantitative estimate of drug-likeness (QED) is 0.835. The van der Waals surface area contributed by atoms with E-state index in [1.54, 1.807) is 14.2 Å². The summed E-state index contributed by atoms with van der Waals surface area (Å²) in [4.78, 5) is 7.35. The number of hydrogen-bond donors (Lipinski definition) is 2. The predicted octanol–water partition coefficient (Wildman–Crippen LogP) is 2.03. The molecule has 5 nitrogen and oxygen atoms in total. The minimum atomic E-state index is 0.746. The van der Waals surface area contributed by atoms with Crippen LogP contribution in [-0.4, -0.2) is 24.2 Å². The molecule has 0 aliphatic rings. The predicted molar refractivity (Wildman–Crippen MR) is 73.4 cm³/mol. The molecule has 0 radical (unpaired) electrons. The van der Waals surface area contributed by atoms with Gasteiger partial charge in [0, 0.05) is 25.0 Å². The van der Waals surface area contributed by atoms with Gasteiger partial charge in [0.25, 0.3) is 0 Å². The molecule has 0 atom stereocenters. The van der Waals surface area contributed by atoms with E-state index in [0.717, 1.165) is 41.7 Å². The molecule has 1 aromatic carbocycles. The Bertz CT molecular complexity index is 537. The van der Waals surface area contributed by atoms with Crippen molar-refractivity contribution >= 4 is 0 Å². The minimum absolute atomic E-state index is 0.746. The number of H-pyrrole nitrogens is 1. The number of nitrogens with one attached hydrogen (secondary N) is 2. The van der Waals surface area contributed by atoms with Crippen LogP contribution < -0.4 is 14.8 Å². The Morgan fingerprint density at radius 1 is 1.16 bits per heavy atom. The van der Waals surface area contributed by atoms with Gasteiger partial charge in [0.2, 0.25) is 0 Å². The number of rotatable bonds is 6. The second-order valence-corrected chi connectivity index (χ2v) is 4.29. The number of methoxy groups -OCH3 is 2. The van der Waals surface area contributed by atoms with Crippen molar-refractivity contribution in [3.05, 3.63) is 41.5 Å². The van der Waals surface area contributed by atoms with Gasteiger partial charge in [-0.15, -0.1) is 0 Å². The monoisotopic (exact) mass is 261 g/mol. The smallest absolute Gasteiger partial charge is 0.161 e. The van der Waals surface area contributed by atoms with E-state index in [-0.39, 0.29) is 0 Å². The molecule has 0 unspecified atom stereocenters.